The first-order valence-electron chi connectivity index (χ1n) is 5.92. The van der Waals surface area contributed by atoms with Gasteiger partial charge in [-0.2, -0.15) is 0 Å². The van der Waals surface area contributed by atoms with Gasteiger partial charge in [0.05, 0.1) is 6.10 Å². The molecule has 0 amide bonds. The minimum absolute atomic E-state index is 0.196. The van der Waals surface area contributed by atoms with E-state index in [4.69, 9.17) is 0 Å². The summed E-state index contributed by atoms with van der Waals surface area (Å²) in [6.45, 7) is 3.92. The molecule has 2 fully saturated rings. The number of hydrogen-bond donors (Lipinski definition) is 3. The van der Waals surface area contributed by atoms with Crippen LogP contribution >= 0.6 is 0 Å². The summed E-state index contributed by atoms with van der Waals surface area (Å²) in [5.41, 5.74) is 0. The molecule has 1 saturated heterocycles. The fourth-order valence-corrected chi connectivity index (χ4v) is 2.77. The van der Waals surface area contributed by atoms with Crippen molar-refractivity contribution in [2.45, 2.75) is 50.8 Å². The van der Waals surface area contributed by atoms with Gasteiger partial charge in [-0.25, -0.2) is 0 Å². The Balaban J connectivity index is 1.78. The Kier molecular flexibility index (Phi) is 3.42. The van der Waals surface area contributed by atoms with Gasteiger partial charge in [-0.1, -0.05) is 12.8 Å². The number of aliphatic hydroxyl groups is 1. The lowest BCUT2D eigenvalue weighted by atomic mass is 9.98. The zero-order valence-electron chi connectivity index (χ0n) is 9.00. The molecule has 1 aliphatic carbocycles. The van der Waals surface area contributed by atoms with E-state index in [2.05, 4.69) is 17.6 Å². The molecule has 2 aliphatic rings. The lowest BCUT2D eigenvalue weighted by molar-refractivity contribution is 0.151. The van der Waals surface area contributed by atoms with Gasteiger partial charge in [0.25, 0.3) is 0 Å². The van der Waals surface area contributed by atoms with Crippen molar-refractivity contribution in [3.05, 3.63) is 0 Å². The summed E-state index contributed by atoms with van der Waals surface area (Å²) in [5.74, 6) is 0.836. The standard InChI is InChI=1S/C11H22N2O/c1-8(9-4-2-3-5-9)13-10-6-12-7-11(10)14/h8-14H,2-7H2,1H3/t8?,10-,11-/m1/s1. The van der Waals surface area contributed by atoms with Gasteiger partial charge in [0, 0.05) is 25.2 Å². The van der Waals surface area contributed by atoms with Gasteiger partial charge in [0.1, 0.15) is 0 Å². The number of rotatable bonds is 3. The molecule has 1 unspecified atom stereocenters. The lowest BCUT2D eigenvalue weighted by Gasteiger charge is -2.25. The zero-order chi connectivity index (χ0) is 9.97. The van der Waals surface area contributed by atoms with E-state index >= 15 is 0 Å². The van der Waals surface area contributed by atoms with Crippen LogP contribution in [0.15, 0.2) is 0 Å². The monoisotopic (exact) mass is 198 g/mol. The first-order chi connectivity index (χ1) is 6.77. The molecule has 3 nitrogen and oxygen atoms in total. The Hall–Kier alpha value is -0.120. The van der Waals surface area contributed by atoms with Crippen LogP contribution in [0.25, 0.3) is 0 Å². The summed E-state index contributed by atoms with van der Waals surface area (Å²) < 4.78 is 0. The molecule has 1 heterocycles. The summed E-state index contributed by atoms with van der Waals surface area (Å²) in [7, 11) is 0. The minimum Gasteiger partial charge on any atom is -0.390 e. The average molecular weight is 198 g/mol. The molecule has 82 valence electrons. The molecule has 0 aromatic heterocycles. The SMILES string of the molecule is CC(N[C@@H]1CNC[C@H]1O)C1CCCC1. The maximum atomic E-state index is 9.66. The second-order valence-corrected chi connectivity index (χ2v) is 4.83. The van der Waals surface area contributed by atoms with Crippen molar-refractivity contribution >= 4 is 0 Å². The van der Waals surface area contributed by atoms with E-state index in [0.717, 1.165) is 19.0 Å². The molecular formula is C11H22N2O. The summed E-state index contributed by atoms with van der Waals surface area (Å²) in [6.07, 6.45) is 5.32. The highest BCUT2D eigenvalue weighted by Crippen LogP contribution is 2.27. The first-order valence-corrected chi connectivity index (χ1v) is 5.92. The summed E-state index contributed by atoms with van der Waals surface area (Å²) >= 11 is 0. The predicted octanol–water partition coefficient (Wildman–Crippen LogP) is 0.487. The van der Waals surface area contributed by atoms with Crippen LogP contribution in [0, 0.1) is 5.92 Å². The van der Waals surface area contributed by atoms with Crippen LogP contribution in [0.2, 0.25) is 0 Å². The van der Waals surface area contributed by atoms with Crippen molar-refractivity contribution < 1.29 is 5.11 Å². The van der Waals surface area contributed by atoms with Gasteiger partial charge in [-0.3, -0.25) is 0 Å². The van der Waals surface area contributed by atoms with Crippen LogP contribution in [0.5, 0.6) is 0 Å². The van der Waals surface area contributed by atoms with E-state index in [0.29, 0.717) is 6.04 Å². The molecule has 14 heavy (non-hydrogen) atoms. The highest BCUT2D eigenvalue weighted by molar-refractivity contribution is 4.90. The molecule has 0 radical (unpaired) electrons. The number of β-amino-alcohol motifs (C(OH)–C–C–N with tert-alkyl or cyclic N) is 1. The van der Waals surface area contributed by atoms with E-state index in [9.17, 15) is 5.11 Å². The van der Waals surface area contributed by atoms with Crippen molar-refractivity contribution in [2.24, 2.45) is 5.92 Å². The number of aliphatic hydroxyl groups excluding tert-OH is 1. The Morgan fingerprint density at radius 1 is 1.29 bits per heavy atom. The van der Waals surface area contributed by atoms with Crippen LogP contribution in [0.1, 0.15) is 32.6 Å². The van der Waals surface area contributed by atoms with Crippen LogP contribution in [-0.4, -0.2) is 36.4 Å². The second-order valence-electron chi connectivity index (χ2n) is 4.83. The molecule has 1 saturated carbocycles. The van der Waals surface area contributed by atoms with Crippen molar-refractivity contribution in [3.63, 3.8) is 0 Å². The van der Waals surface area contributed by atoms with Gasteiger partial charge in [0.2, 0.25) is 0 Å². The van der Waals surface area contributed by atoms with Crippen LogP contribution < -0.4 is 10.6 Å². The van der Waals surface area contributed by atoms with Crippen LogP contribution in [0.3, 0.4) is 0 Å². The van der Waals surface area contributed by atoms with Gasteiger partial charge in [0.15, 0.2) is 0 Å². The van der Waals surface area contributed by atoms with E-state index < -0.39 is 0 Å². The molecule has 0 aromatic carbocycles. The summed E-state index contributed by atoms with van der Waals surface area (Å²) in [6, 6.07) is 0.836. The van der Waals surface area contributed by atoms with E-state index in [1.54, 1.807) is 0 Å². The predicted molar refractivity (Wildman–Crippen MR) is 57.2 cm³/mol. The normalized spacial score (nSPS) is 36.4. The smallest absolute Gasteiger partial charge is 0.0829 e. The maximum Gasteiger partial charge on any atom is 0.0829 e. The minimum atomic E-state index is -0.196. The van der Waals surface area contributed by atoms with Crippen molar-refractivity contribution in [2.75, 3.05) is 13.1 Å². The first kappa shape index (κ1) is 10.4. The molecule has 3 N–H and O–H groups in total. The third-order valence-electron chi connectivity index (χ3n) is 3.77. The van der Waals surface area contributed by atoms with Crippen LogP contribution in [-0.2, 0) is 0 Å². The molecule has 2 rings (SSSR count). The average Bonchev–Trinajstić information content (AvgIpc) is 2.77. The van der Waals surface area contributed by atoms with Crippen molar-refractivity contribution in [1.82, 2.24) is 10.6 Å². The largest absolute Gasteiger partial charge is 0.390 e. The van der Waals surface area contributed by atoms with Gasteiger partial charge >= 0.3 is 0 Å². The second kappa shape index (κ2) is 4.60. The fourth-order valence-electron chi connectivity index (χ4n) is 2.77. The number of hydrogen-bond acceptors (Lipinski definition) is 3. The Bertz CT molecular complexity index is 180. The number of nitrogens with one attached hydrogen (secondary N) is 2. The Morgan fingerprint density at radius 2 is 2.00 bits per heavy atom. The molecule has 3 atom stereocenters. The van der Waals surface area contributed by atoms with Gasteiger partial charge < -0.3 is 15.7 Å². The fraction of sp³-hybridized carbons (Fsp3) is 1.00. The van der Waals surface area contributed by atoms with Crippen molar-refractivity contribution in [1.29, 1.82) is 0 Å². The zero-order valence-corrected chi connectivity index (χ0v) is 9.00. The third-order valence-corrected chi connectivity index (χ3v) is 3.77. The highest BCUT2D eigenvalue weighted by Gasteiger charge is 2.29. The maximum absolute atomic E-state index is 9.66. The van der Waals surface area contributed by atoms with E-state index in [1.165, 1.54) is 25.7 Å². The molecule has 1 aliphatic heterocycles. The Labute approximate surface area is 86.3 Å². The quantitative estimate of drug-likeness (QED) is 0.618. The molecule has 3 heteroatoms. The van der Waals surface area contributed by atoms with E-state index in [-0.39, 0.29) is 12.1 Å². The van der Waals surface area contributed by atoms with Gasteiger partial charge in [-0.05, 0) is 25.7 Å². The summed E-state index contributed by atoms with van der Waals surface area (Å²) in [5, 5.41) is 16.4. The Morgan fingerprint density at radius 3 is 2.57 bits per heavy atom. The molecule has 0 aromatic rings. The third kappa shape index (κ3) is 2.27. The van der Waals surface area contributed by atoms with Crippen LogP contribution in [0.4, 0.5) is 0 Å². The lowest BCUT2D eigenvalue weighted by Crippen LogP contribution is -2.46. The molecule has 0 spiro atoms. The summed E-state index contributed by atoms with van der Waals surface area (Å²) in [4.78, 5) is 0. The van der Waals surface area contributed by atoms with Gasteiger partial charge in [-0.15, -0.1) is 0 Å². The molecular weight excluding hydrogens is 176 g/mol. The molecule has 0 bridgehead atoms. The van der Waals surface area contributed by atoms with Crippen molar-refractivity contribution in [3.8, 4) is 0 Å². The highest BCUT2D eigenvalue weighted by atomic mass is 16.3. The topological polar surface area (TPSA) is 44.3 Å². The van der Waals surface area contributed by atoms with E-state index in [1.807, 2.05) is 0 Å².